The van der Waals surface area contributed by atoms with Crippen LogP contribution in [0.4, 0.5) is 0 Å². The van der Waals surface area contributed by atoms with E-state index in [1.807, 2.05) is 13.8 Å². The maximum atomic E-state index is 12.7. The number of likely N-dealkylation sites (N-methyl/N-ethyl adjacent to an activating group) is 1. The van der Waals surface area contributed by atoms with Gasteiger partial charge in [-0.3, -0.25) is 19.1 Å². The molecular formula is C18H23N5O4. The van der Waals surface area contributed by atoms with Crippen LogP contribution in [0.1, 0.15) is 41.1 Å². The van der Waals surface area contributed by atoms with E-state index in [4.69, 9.17) is 4.42 Å². The Hall–Kier alpha value is -3.10. The summed E-state index contributed by atoms with van der Waals surface area (Å²) in [6, 6.07) is 2.21. The smallest absolute Gasteiger partial charge is 0.272 e. The van der Waals surface area contributed by atoms with Crippen molar-refractivity contribution in [1.82, 2.24) is 25.3 Å². The SMILES string of the molecule is CCNC(=O)[C@@H]1C[C@H](NC(=O)c2ccn(CC)n2)CN1C(=O)c1ccoc1. The largest absolute Gasteiger partial charge is 0.472 e. The van der Waals surface area contributed by atoms with Crippen LogP contribution in [0.25, 0.3) is 0 Å². The molecule has 0 unspecified atom stereocenters. The molecule has 3 amide bonds. The molecule has 1 aliphatic heterocycles. The van der Waals surface area contributed by atoms with Crippen molar-refractivity contribution in [2.75, 3.05) is 13.1 Å². The highest BCUT2D eigenvalue weighted by Gasteiger charge is 2.40. The van der Waals surface area contributed by atoms with E-state index in [2.05, 4.69) is 15.7 Å². The Morgan fingerprint density at radius 3 is 2.74 bits per heavy atom. The normalized spacial score (nSPS) is 19.1. The van der Waals surface area contributed by atoms with Gasteiger partial charge in [0.25, 0.3) is 11.8 Å². The van der Waals surface area contributed by atoms with Gasteiger partial charge < -0.3 is 20.0 Å². The lowest BCUT2D eigenvalue weighted by Gasteiger charge is -2.22. The van der Waals surface area contributed by atoms with Crippen LogP contribution in [-0.4, -0.2) is 57.6 Å². The fourth-order valence-corrected chi connectivity index (χ4v) is 3.18. The number of rotatable bonds is 6. The first-order chi connectivity index (χ1) is 13.0. The van der Waals surface area contributed by atoms with Crippen LogP contribution in [0.15, 0.2) is 35.3 Å². The lowest BCUT2D eigenvalue weighted by atomic mass is 10.1. The van der Waals surface area contributed by atoms with E-state index in [0.29, 0.717) is 30.8 Å². The minimum absolute atomic E-state index is 0.235. The van der Waals surface area contributed by atoms with Crippen LogP contribution in [0.3, 0.4) is 0 Å². The second-order valence-corrected chi connectivity index (χ2v) is 6.34. The molecule has 2 aromatic heterocycles. The monoisotopic (exact) mass is 373 g/mol. The highest BCUT2D eigenvalue weighted by atomic mass is 16.3. The summed E-state index contributed by atoms with van der Waals surface area (Å²) in [7, 11) is 0. The van der Waals surface area contributed by atoms with Gasteiger partial charge in [-0.2, -0.15) is 5.10 Å². The number of likely N-dealkylation sites (tertiary alicyclic amines) is 1. The second kappa shape index (κ2) is 8.07. The lowest BCUT2D eigenvalue weighted by molar-refractivity contribution is -0.124. The summed E-state index contributed by atoms with van der Waals surface area (Å²) in [6.07, 6.45) is 4.83. The Labute approximate surface area is 156 Å². The number of aryl methyl sites for hydroxylation is 1. The molecular weight excluding hydrogens is 350 g/mol. The number of amides is 3. The first-order valence-corrected chi connectivity index (χ1v) is 8.98. The van der Waals surface area contributed by atoms with Crippen LogP contribution >= 0.6 is 0 Å². The molecule has 0 spiro atoms. The third-order valence-electron chi connectivity index (χ3n) is 4.52. The Morgan fingerprint density at radius 2 is 2.11 bits per heavy atom. The minimum Gasteiger partial charge on any atom is -0.472 e. The number of furan rings is 1. The maximum absolute atomic E-state index is 12.7. The van der Waals surface area contributed by atoms with Crippen molar-refractivity contribution < 1.29 is 18.8 Å². The molecule has 9 nitrogen and oxygen atoms in total. The first kappa shape index (κ1) is 18.7. The molecule has 2 N–H and O–H groups in total. The summed E-state index contributed by atoms with van der Waals surface area (Å²) in [6.45, 7) is 5.13. The van der Waals surface area contributed by atoms with Crippen molar-refractivity contribution >= 4 is 17.7 Å². The molecule has 1 aliphatic rings. The molecule has 1 fully saturated rings. The van der Waals surface area contributed by atoms with Crippen LogP contribution in [0.2, 0.25) is 0 Å². The quantitative estimate of drug-likeness (QED) is 0.772. The third-order valence-corrected chi connectivity index (χ3v) is 4.52. The third kappa shape index (κ3) is 4.02. The van der Waals surface area contributed by atoms with Gasteiger partial charge in [-0.05, 0) is 32.4 Å². The Morgan fingerprint density at radius 1 is 1.30 bits per heavy atom. The van der Waals surface area contributed by atoms with Gasteiger partial charge >= 0.3 is 0 Å². The number of nitrogens with one attached hydrogen (secondary N) is 2. The summed E-state index contributed by atoms with van der Waals surface area (Å²) in [4.78, 5) is 39.1. The average Bonchev–Trinajstić information content (AvgIpc) is 3.40. The van der Waals surface area contributed by atoms with E-state index in [9.17, 15) is 14.4 Å². The standard InChI is InChI=1S/C18H23N5O4/c1-3-19-17(25)15-9-13(10-23(15)18(26)12-6-8-27-11-12)20-16(24)14-5-7-22(4-2)21-14/h5-8,11,13,15H,3-4,9-10H2,1-2H3,(H,19,25)(H,20,24)/t13-,15-/m0/s1. The molecule has 9 heteroatoms. The average molecular weight is 373 g/mol. The molecule has 0 bridgehead atoms. The van der Waals surface area contributed by atoms with E-state index in [1.165, 1.54) is 17.4 Å². The molecule has 0 aromatic carbocycles. The zero-order valence-electron chi connectivity index (χ0n) is 15.3. The van der Waals surface area contributed by atoms with Gasteiger partial charge in [0.2, 0.25) is 5.91 Å². The highest BCUT2D eigenvalue weighted by molar-refractivity contribution is 5.98. The molecule has 0 saturated carbocycles. The number of carbonyl (C=O) groups is 3. The topological polar surface area (TPSA) is 109 Å². The Bertz CT molecular complexity index is 814. The van der Waals surface area contributed by atoms with Crippen molar-refractivity contribution in [1.29, 1.82) is 0 Å². The number of hydrogen-bond donors (Lipinski definition) is 2. The molecule has 144 valence electrons. The predicted octanol–water partition coefficient (Wildman–Crippen LogP) is 0.645. The number of hydrogen-bond acceptors (Lipinski definition) is 5. The van der Waals surface area contributed by atoms with Gasteiger partial charge in [-0.15, -0.1) is 0 Å². The molecule has 3 rings (SSSR count). The number of carbonyl (C=O) groups excluding carboxylic acids is 3. The van der Waals surface area contributed by atoms with E-state index < -0.39 is 6.04 Å². The maximum Gasteiger partial charge on any atom is 0.272 e. The summed E-state index contributed by atoms with van der Waals surface area (Å²) < 4.78 is 6.63. The first-order valence-electron chi connectivity index (χ1n) is 8.98. The number of aromatic nitrogens is 2. The van der Waals surface area contributed by atoms with Gasteiger partial charge in [0.05, 0.1) is 11.8 Å². The van der Waals surface area contributed by atoms with E-state index in [0.717, 1.165) is 0 Å². The van der Waals surface area contributed by atoms with Gasteiger partial charge in [0.15, 0.2) is 0 Å². The van der Waals surface area contributed by atoms with E-state index >= 15 is 0 Å². The molecule has 2 atom stereocenters. The van der Waals surface area contributed by atoms with E-state index in [-0.39, 0.29) is 30.3 Å². The van der Waals surface area contributed by atoms with Gasteiger partial charge in [-0.25, -0.2) is 0 Å². The highest BCUT2D eigenvalue weighted by Crippen LogP contribution is 2.21. The van der Waals surface area contributed by atoms with Crippen LogP contribution < -0.4 is 10.6 Å². The van der Waals surface area contributed by atoms with Crippen molar-refractivity contribution in [2.45, 2.75) is 38.9 Å². The second-order valence-electron chi connectivity index (χ2n) is 6.34. The van der Waals surface area contributed by atoms with Crippen LogP contribution in [0.5, 0.6) is 0 Å². The molecule has 27 heavy (non-hydrogen) atoms. The van der Waals surface area contributed by atoms with Crippen molar-refractivity contribution in [3.63, 3.8) is 0 Å². The van der Waals surface area contributed by atoms with Crippen molar-refractivity contribution in [3.8, 4) is 0 Å². The van der Waals surface area contributed by atoms with Crippen LogP contribution in [-0.2, 0) is 11.3 Å². The number of nitrogens with zero attached hydrogens (tertiary/aromatic N) is 3. The van der Waals surface area contributed by atoms with Crippen LogP contribution in [0, 0.1) is 0 Å². The van der Waals surface area contributed by atoms with Gasteiger partial charge in [0, 0.05) is 31.9 Å². The zero-order chi connectivity index (χ0) is 19.4. The van der Waals surface area contributed by atoms with Gasteiger partial charge in [0.1, 0.15) is 18.0 Å². The molecule has 2 aromatic rings. The van der Waals surface area contributed by atoms with Gasteiger partial charge in [-0.1, -0.05) is 0 Å². The van der Waals surface area contributed by atoms with Crippen molar-refractivity contribution in [2.24, 2.45) is 0 Å². The minimum atomic E-state index is -0.647. The lowest BCUT2D eigenvalue weighted by Crippen LogP contribution is -2.45. The summed E-state index contributed by atoms with van der Waals surface area (Å²) in [5, 5.41) is 9.81. The molecule has 1 saturated heterocycles. The molecule has 0 aliphatic carbocycles. The van der Waals surface area contributed by atoms with E-state index in [1.54, 1.807) is 23.0 Å². The predicted molar refractivity (Wildman–Crippen MR) is 96.0 cm³/mol. The summed E-state index contributed by atoms with van der Waals surface area (Å²) >= 11 is 0. The van der Waals surface area contributed by atoms with Crippen molar-refractivity contribution in [3.05, 3.63) is 42.1 Å². The summed E-state index contributed by atoms with van der Waals surface area (Å²) in [5.41, 5.74) is 0.684. The summed E-state index contributed by atoms with van der Waals surface area (Å²) in [5.74, 6) is -0.854. The Balaban J connectivity index is 1.72. The fraction of sp³-hybridized carbons (Fsp3) is 0.444. The zero-order valence-corrected chi connectivity index (χ0v) is 15.3. The Kier molecular flexibility index (Phi) is 5.58. The molecule has 0 radical (unpaired) electrons. The fourth-order valence-electron chi connectivity index (χ4n) is 3.18. The molecule has 3 heterocycles.